The maximum Gasteiger partial charge on any atom is 0.352 e. The summed E-state index contributed by atoms with van der Waals surface area (Å²) in [5.74, 6) is -0.615. The van der Waals surface area contributed by atoms with Crippen LogP contribution in [0.25, 0.3) is 16.7 Å². The summed E-state index contributed by atoms with van der Waals surface area (Å²) in [6.45, 7) is 11.0. The lowest BCUT2D eigenvalue weighted by molar-refractivity contribution is -0.117. The smallest absolute Gasteiger partial charge is 0.350 e. The molecule has 10 nitrogen and oxygen atoms in total. The Morgan fingerprint density at radius 3 is 2.41 bits per heavy atom. The molecule has 2 aromatic carbocycles. The molecule has 0 spiro atoms. The van der Waals surface area contributed by atoms with Crippen LogP contribution in [-0.4, -0.2) is 36.6 Å². The lowest BCUT2D eigenvalue weighted by Gasteiger charge is -2.14. The van der Waals surface area contributed by atoms with Gasteiger partial charge in [-0.3, -0.25) is 19.0 Å². The number of carbonyl (C=O) groups excluding carboxylic acids is 2. The fraction of sp³-hybridized carbons (Fsp3) is 0.370. The first kappa shape index (κ1) is 25.9. The number of amides is 2. The highest BCUT2D eigenvalue weighted by Gasteiger charge is 2.21. The second-order valence-corrected chi connectivity index (χ2v) is 9.73. The van der Waals surface area contributed by atoms with Gasteiger partial charge < -0.3 is 10.6 Å². The Bertz CT molecular complexity index is 1640. The van der Waals surface area contributed by atoms with E-state index >= 15 is 0 Å². The van der Waals surface area contributed by atoms with Gasteiger partial charge in [0.2, 0.25) is 11.7 Å². The zero-order chi connectivity index (χ0) is 27.0. The van der Waals surface area contributed by atoms with Crippen LogP contribution in [0.3, 0.4) is 0 Å². The largest absolute Gasteiger partial charge is 0.352 e. The summed E-state index contributed by atoms with van der Waals surface area (Å²) in [7, 11) is 0. The van der Waals surface area contributed by atoms with Crippen LogP contribution in [0, 0.1) is 13.8 Å². The molecule has 2 N–H and O–H groups in total. The fourth-order valence-corrected chi connectivity index (χ4v) is 4.28. The summed E-state index contributed by atoms with van der Waals surface area (Å²) in [6.07, 6.45) is 0.763. The molecule has 37 heavy (non-hydrogen) atoms. The van der Waals surface area contributed by atoms with Gasteiger partial charge in [-0.25, -0.2) is 13.9 Å². The van der Waals surface area contributed by atoms with Crippen molar-refractivity contribution in [2.45, 2.75) is 66.6 Å². The minimum atomic E-state index is -0.579. The zero-order valence-corrected chi connectivity index (χ0v) is 22.0. The molecule has 2 aromatic heterocycles. The van der Waals surface area contributed by atoms with Crippen LogP contribution in [0.5, 0.6) is 0 Å². The number of hydrogen-bond donors (Lipinski definition) is 2. The molecule has 0 saturated carbocycles. The summed E-state index contributed by atoms with van der Waals surface area (Å²) < 4.78 is 3.75. The van der Waals surface area contributed by atoms with E-state index in [1.807, 2.05) is 59.7 Å². The molecule has 194 valence electrons. The normalized spacial score (nSPS) is 12.3. The van der Waals surface area contributed by atoms with E-state index in [1.54, 1.807) is 12.1 Å². The molecule has 0 saturated heterocycles. The topological polar surface area (TPSA) is 120 Å². The average Bonchev–Trinajstić information content (AvgIpc) is 3.15. The summed E-state index contributed by atoms with van der Waals surface area (Å²) in [4.78, 5) is 52.4. The molecular weight excluding hydrogens is 472 g/mol. The Morgan fingerprint density at radius 1 is 1.03 bits per heavy atom. The molecule has 1 atom stereocenters. The third-order valence-electron chi connectivity index (χ3n) is 6.44. The van der Waals surface area contributed by atoms with Gasteiger partial charge in [-0.15, -0.1) is 5.10 Å². The number of aryl methyl sites for hydroxylation is 2. The van der Waals surface area contributed by atoms with Gasteiger partial charge in [-0.1, -0.05) is 24.6 Å². The first-order chi connectivity index (χ1) is 17.5. The third-order valence-corrected chi connectivity index (χ3v) is 6.44. The maximum atomic E-state index is 13.5. The Kier molecular flexibility index (Phi) is 7.02. The maximum absolute atomic E-state index is 13.5. The van der Waals surface area contributed by atoms with Gasteiger partial charge in [0, 0.05) is 23.3 Å². The molecule has 0 aliphatic rings. The van der Waals surface area contributed by atoms with Gasteiger partial charge in [0.05, 0.1) is 10.9 Å². The standard InChI is InChI=1S/C27H32N6O4/c1-7-18(6)28-24(35)19-9-10-20-22(13-19)33-26(32(15(2)3)25(20)36)30-31(27(33)37)14-23(34)29-21-11-8-16(4)12-17(21)5/h8-13,15,18H,7,14H2,1-6H3,(H,28,35)(H,29,34). The van der Waals surface area contributed by atoms with Crippen molar-refractivity contribution in [1.82, 2.24) is 24.1 Å². The minimum absolute atomic E-state index is 0.0293. The monoisotopic (exact) mass is 504 g/mol. The van der Waals surface area contributed by atoms with Crippen LogP contribution in [0.15, 0.2) is 46.0 Å². The number of benzene rings is 2. The number of carbonyl (C=O) groups is 2. The molecule has 0 aliphatic carbocycles. The Morgan fingerprint density at radius 2 is 1.76 bits per heavy atom. The van der Waals surface area contributed by atoms with Crippen LogP contribution >= 0.6 is 0 Å². The van der Waals surface area contributed by atoms with E-state index in [4.69, 9.17) is 0 Å². The van der Waals surface area contributed by atoms with Gasteiger partial charge in [-0.2, -0.15) is 0 Å². The van der Waals surface area contributed by atoms with Gasteiger partial charge in [0.25, 0.3) is 11.5 Å². The predicted molar refractivity (Wildman–Crippen MR) is 143 cm³/mol. The second-order valence-electron chi connectivity index (χ2n) is 9.73. The molecule has 4 rings (SSSR count). The lowest BCUT2D eigenvalue weighted by atomic mass is 10.1. The van der Waals surface area contributed by atoms with Crippen LogP contribution in [0.4, 0.5) is 5.69 Å². The molecule has 2 heterocycles. The van der Waals surface area contributed by atoms with Gasteiger partial charge >= 0.3 is 5.69 Å². The summed E-state index contributed by atoms with van der Waals surface area (Å²) in [5, 5.41) is 10.4. The zero-order valence-electron chi connectivity index (χ0n) is 22.0. The number of aromatic nitrogens is 4. The first-order valence-corrected chi connectivity index (χ1v) is 12.4. The van der Waals surface area contributed by atoms with Gasteiger partial charge in [0.1, 0.15) is 6.54 Å². The molecule has 0 aliphatic heterocycles. The van der Waals surface area contributed by atoms with E-state index < -0.39 is 11.6 Å². The van der Waals surface area contributed by atoms with E-state index in [0.29, 0.717) is 11.3 Å². The molecular formula is C27H32N6O4. The lowest BCUT2D eigenvalue weighted by Crippen LogP contribution is -2.32. The van der Waals surface area contributed by atoms with Crippen molar-refractivity contribution >= 4 is 34.2 Å². The van der Waals surface area contributed by atoms with Crippen molar-refractivity contribution in [3.63, 3.8) is 0 Å². The van der Waals surface area contributed by atoms with Gasteiger partial charge in [0.15, 0.2) is 0 Å². The first-order valence-electron chi connectivity index (χ1n) is 12.4. The Labute approximate surface area is 213 Å². The molecule has 0 bridgehead atoms. The SMILES string of the molecule is CCC(C)NC(=O)c1ccc2c(=O)n(C(C)C)c3nn(CC(=O)Nc4ccc(C)cc4C)c(=O)n3c2c1. The highest BCUT2D eigenvalue weighted by atomic mass is 16.2. The summed E-state index contributed by atoms with van der Waals surface area (Å²) in [6, 6.07) is 9.98. The number of nitrogens with zero attached hydrogens (tertiary/aromatic N) is 4. The van der Waals surface area contributed by atoms with Crippen molar-refractivity contribution in [2.24, 2.45) is 0 Å². The van der Waals surface area contributed by atoms with Crippen LogP contribution in [-0.2, 0) is 11.3 Å². The van der Waals surface area contributed by atoms with Crippen molar-refractivity contribution in [3.8, 4) is 0 Å². The van der Waals surface area contributed by atoms with Crippen molar-refractivity contribution in [1.29, 1.82) is 0 Å². The van der Waals surface area contributed by atoms with Crippen molar-refractivity contribution in [3.05, 3.63) is 73.9 Å². The van der Waals surface area contributed by atoms with E-state index in [-0.39, 0.29) is 46.8 Å². The average molecular weight is 505 g/mol. The molecule has 1 unspecified atom stereocenters. The van der Waals surface area contributed by atoms with E-state index in [2.05, 4.69) is 15.7 Å². The second kappa shape index (κ2) is 10.0. The molecule has 2 amide bonds. The Balaban J connectivity index is 1.83. The number of hydrogen-bond acceptors (Lipinski definition) is 5. The van der Waals surface area contributed by atoms with Crippen LogP contribution < -0.4 is 21.9 Å². The molecule has 4 aromatic rings. The quantitative estimate of drug-likeness (QED) is 0.401. The number of rotatable bonds is 7. The molecule has 10 heteroatoms. The number of fused-ring (bicyclic) bond motifs is 3. The van der Waals surface area contributed by atoms with E-state index in [1.165, 1.54) is 15.0 Å². The van der Waals surface area contributed by atoms with E-state index in [9.17, 15) is 19.2 Å². The third kappa shape index (κ3) is 4.91. The number of nitrogens with one attached hydrogen (secondary N) is 2. The number of anilines is 1. The molecule has 0 fully saturated rings. The van der Waals surface area contributed by atoms with Gasteiger partial charge in [-0.05, 0) is 70.9 Å². The summed E-state index contributed by atoms with van der Waals surface area (Å²) in [5.41, 5.74) is 2.30. The van der Waals surface area contributed by atoms with E-state index in [0.717, 1.165) is 22.2 Å². The van der Waals surface area contributed by atoms with Crippen LogP contribution in [0.2, 0.25) is 0 Å². The highest BCUT2D eigenvalue weighted by molar-refractivity contribution is 5.98. The Hall–Kier alpha value is -4.21. The van der Waals surface area contributed by atoms with Crippen molar-refractivity contribution < 1.29 is 9.59 Å². The highest BCUT2D eigenvalue weighted by Crippen LogP contribution is 2.18. The fourth-order valence-electron chi connectivity index (χ4n) is 4.28. The summed E-state index contributed by atoms with van der Waals surface area (Å²) >= 11 is 0. The predicted octanol–water partition coefficient (Wildman–Crippen LogP) is 3.18. The minimum Gasteiger partial charge on any atom is -0.350 e. The van der Waals surface area contributed by atoms with Crippen LogP contribution in [0.1, 0.15) is 61.6 Å². The van der Waals surface area contributed by atoms with Crippen molar-refractivity contribution in [2.75, 3.05) is 5.32 Å². The molecule has 0 radical (unpaired) electrons.